The average Bonchev–Trinajstić information content (AvgIpc) is 3.03. The van der Waals surface area contributed by atoms with Crippen molar-refractivity contribution in [3.05, 3.63) is 29.8 Å². The molecule has 0 aromatic heterocycles. The summed E-state index contributed by atoms with van der Waals surface area (Å²) in [7, 11) is 0. The third-order valence-electron chi connectivity index (χ3n) is 6.36. The molecule has 138 valence electrons. The molecular formula is C22H34N2O. The Hall–Kier alpha value is -1.06. The molecule has 2 fully saturated rings. The van der Waals surface area contributed by atoms with Crippen LogP contribution in [0.15, 0.2) is 24.3 Å². The second-order valence-corrected chi connectivity index (χ2v) is 8.92. The van der Waals surface area contributed by atoms with Gasteiger partial charge in [0.25, 0.3) is 0 Å². The van der Waals surface area contributed by atoms with E-state index in [9.17, 15) is 0 Å². The lowest BCUT2D eigenvalue weighted by molar-refractivity contribution is 0.0326. The van der Waals surface area contributed by atoms with E-state index in [-0.39, 0.29) is 5.60 Å². The molecule has 1 aromatic carbocycles. The van der Waals surface area contributed by atoms with Crippen LogP contribution in [0.4, 0.5) is 0 Å². The summed E-state index contributed by atoms with van der Waals surface area (Å²) in [5.74, 6) is 1.90. The molecule has 3 nitrogen and oxygen atoms in total. The molecule has 0 amide bonds. The van der Waals surface area contributed by atoms with Crippen molar-refractivity contribution in [2.75, 3.05) is 19.6 Å². The quantitative estimate of drug-likeness (QED) is 0.870. The van der Waals surface area contributed by atoms with Crippen LogP contribution >= 0.6 is 0 Å². The Morgan fingerprint density at radius 2 is 1.88 bits per heavy atom. The van der Waals surface area contributed by atoms with Gasteiger partial charge in [0.2, 0.25) is 0 Å². The van der Waals surface area contributed by atoms with Gasteiger partial charge >= 0.3 is 0 Å². The largest absolute Gasteiger partial charge is 0.487 e. The molecule has 0 bridgehead atoms. The van der Waals surface area contributed by atoms with Gasteiger partial charge in [-0.05, 0) is 63.6 Å². The molecule has 1 unspecified atom stereocenters. The number of fused-ring (bicyclic) bond motifs is 1. The Morgan fingerprint density at radius 1 is 1.16 bits per heavy atom. The number of likely N-dealkylation sites (tertiary alicyclic amines) is 1. The highest BCUT2D eigenvalue weighted by atomic mass is 16.5. The van der Waals surface area contributed by atoms with Crippen molar-refractivity contribution in [2.24, 2.45) is 5.92 Å². The first kappa shape index (κ1) is 17.4. The molecule has 1 aliphatic carbocycles. The predicted molar refractivity (Wildman–Crippen MR) is 103 cm³/mol. The Bertz CT molecular complexity index is 571. The maximum atomic E-state index is 6.51. The molecule has 1 aromatic rings. The number of piperidine rings is 1. The standard InChI is InChI=1S/C22H34N2O/c1-17(2)16-24-13-9-18(10-14-24)23-20-15-22(11-5-6-12-22)25-21-8-4-3-7-19(20)21/h3-4,7-8,17-18,20,23H,5-6,9-16H2,1-2H3. The van der Waals surface area contributed by atoms with Crippen LogP contribution in [-0.4, -0.2) is 36.2 Å². The first-order valence-corrected chi connectivity index (χ1v) is 10.4. The minimum Gasteiger partial charge on any atom is -0.487 e. The minimum atomic E-state index is 0.102. The Kier molecular flexibility index (Phi) is 5.06. The van der Waals surface area contributed by atoms with Gasteiger partial charge in [-0.2, -0.15) is 0 Å². The van der Waals surface area contributed by atoms with E-state index in [1.54, 1.807) is 0 Å². The van der Waals surface area contributed by atoms with E-state index in [1.165, 1.54) is 63.7 Å². The molecule has 2 heterocycles. The van der Waals surface area contributed by atoms with Crippen molar-refractivity contribution in [3.8, 4) is 5.75 Å². The van der Waals surface area contributed by atoms with Crippen molar-refractivity contribution < 1.29 is 4.74 Å². The van der Waals surface area contributed by atoms with Crippen LogP contribution in [-0.2, 0) is 0 Å². The summed E-state index contributed by atoms with van der Waals surface area (Å²) in [4.78, 5) is 2.64. The van der Waals surface area contributed by atoms with E-state index in [0.717, 1.165) is 18.1 Å². The Balaban J connectivity index is 1.43. The number of ether oxygens (including phenoxy) is 1. The van der Waals surface area contributed by atoms with Gasteiger partial charge in [-0.3, -0.25) is 0 Å². The SMILES string of the molecule is CC(C)CN1CCC(NC2CC3(CCCC3)Oc3ccccc32)CC1. The van der Waals surface area contributed by atoms with Gasteiger partial charge in [-0.1, -0.05) is 32.0 Å². The monoisotopic (exact) mass is 342 g/mol. The Labute approximate surface area is 153 Å². The van der Waals surface area contributed by atoms with Crippen LogP contribution in [0.5, 0.6) is 5.75 Å². The summed E-state index contributed by atoms with van der Waals surface area (Å²) in [6, 6.07) is 9.84. The zero-order chi connectivity index (χ0) is 17.3. The summed E-state index contributed by atoms with van der Waals surface area (Å²) >= 11 is 0. The van der Waals surface area contributed by atoms with Gasteiger partial charge < -0.3 is 15.0 Å². The van der Waals surface area contributed by atoms with Gasteiger partial charge in [-0.15, -0.1) is 0 Å². The topological polar surface area (TPSA) is 24.5 Å². The molecule has 25 heavy (non-hydrogen) atoms. The van der Waals surface area contributed by atoms with E-state index in [0.29, 0.717) is 12.1 Å². The lowest BCUT2D eigenvalue weighted by atomic mass is 9.85. The van der Waals surface area contributed by atoms with Gasteiger partial charge in [0.15, 0.2) is 0 Å². The number of hydrogen-bond donors (Lipinski definition) is 1. The molecule has 1 atom stereocenters. The second kappa shape index (κ2) is 7.28. The maximum absolute atomic E-state index is 6.51. The lowest BCUT2D eigenvalue weighted by Gasteiger charge is -2.42. The molecular weight excluding hydrogens is 308 g/mol. The van der Waals surface area contributed by atoms with Crippen molar-refractivity contribution in [1.29, 1.82) is 0 Å². The fourth-order valence-electron chi connectivity index (χ4n) is 5.18. The summed E-state index contributed by atoms with van der Waals surface area (Å²) in [6.45, 7) is 8.38. The third kappa shape index (κ3) is 3.88. The van der Waals surface area contributed by atoms with Crippen LogP contribution in [0.3, 0.4) is 0 Å². The summed E-state index contributed by atoms with van der Waals surface area (Å²) < 4.78 is 6.51. The molecule has 1 spiro atoms. The number of nitrogens with one attached hydrogen (secondary N) is 1. The maximum Gasteiger partial charge on any atom is 0.124 e. The number of rotatable bonds is 4. The van der Waals surface area contributed by atoms with Crippen molar-refractivity contribution in [2.45, 2.75) is 76.5 Å². The average molecular weight is 343 g/mol. The van der Waals surface area contributed by atoms with Crippen LogP contribution in [0.1, 0.15) is 70.4 Å². The normalized spacial score (nSPS) is 26.8. The molecule has 1 saturated carbocycles. The predicted octanol–water partition coefficient (Wildman–Crippen LogP) is 4.53. The highest BCUT2D eigenvalue weighted by Crippen LogP contribution is 2.47. The van der Waals surface area contributed by atoms with Gasteiger partial charge in [0.1, 0.15) is 11.4 Å². The summed E-state index contributed by atoms with van der Waals surface area (Å²) in [5, 5.41) is 4.03. The molecule has 3 heteroatoms. The zero-order valence-corrected chi connectivity index (χ0v) is 16.0. The highest BCUT2D eigenvalue weighted by molar-refractivity contribution is 5.39. The third-order valence-corrected chi connectivity index (χ3v) is 6.36. The van der Waals surface area contributed by atoms with Crippen LogP contribution < -0.4 is 10.1 Å². The fraction of sp³-hybridized carbons (Fsp3) is 0.727. The van der Waals surface area contributed by atoms with Gasteiger partial charge in [0.05, 0.1) is 0 Å². The molecule has 1 N–H and O–H groups in total. The number of hydrogen-bond acceptors (Lipinski definition) is 3. The number of nitrogens with zero attached hydrogens (tertiary/aromatic N) is 1. The smallest absolute Gasteiger partial charge is 0.124 e. The van der Waals surface area contributed by atoms with E-state index in [1.807, 2.05) is 0 Å². The minimum absolute atomic E-state index is 0.102. The first-order chi connectivity index (χ1) is 12.1. The van der Waals surface area contributed by atoms with Crippen molar-refractivity contribution in [1.82, 2.24) is 10.2 Å². The number of para-hydroxylation sites is 1. The first-order valence-electron chi connectivity index (χ1n) is 10.4. The van der Waals surface area contributed by atoms with E-state index >= 15 is 0 Å². The molecule has 4 rings (SSSR count). The number of benzene rings is 1. The molecule has 0 radical (unpaired) electrons. The zero-order valence-electron chi connectivity index (χ0n) is 16.0. The van der Waals surface area contributed by atoms with E-state index in [4.69, 9.17) is 4.74 Å². The van der Waals surface area contributed by atoms with E-state index < -0.39 is 0 Å². The molecule has 2 aliphatic heterocycles. The van der Waals surface area contributed by atoms with Gasteiger partial charge in [0, 0.05) is 30.6 Å². The van der Waals surface area contributed by atoms with E-state index in [2.05, 4.69) is 48.3 Å². The van der Waals surface area contributed by atoms with Gasteiger partial charge in [-0.25, -0.2) is 0 Å². The van der Waals surface area contributed by atoms with Crippen LogP contribution in [0.25, 0.3) is 0 Å². The molecule has 1 saturated heterocycles. The molecule has 3 aliphatic rings. The van der Waals surface area contributed by atoms with Crippen LogP contribution in [0, 0.1) is 5.92 Å². The Morgan fingerprint density at radius 3 is 2.60 bits per heavy atom. The summed E-state index contributed by atoms with van der Waals surface area (Å²) in [6.07, 6.45) is 8.80. The summed E-state index contributed by atoms with van der Waals surface area (Å²) in [5.41, 5.74) is 1.48. The van der Waals surface area contributed by atoms with Crippen molar-refractivity contribution >= 4 is 0 Å². The lowest BCUT2D eigenvalue weighted by Crippen LogP contribution is -2.48. The van der Waals surface area contributed by atoms with Crippen LogP contribution in [0.2, 0.25) is 0 Å². The highest BCUT2D eigenvalue weighted by Gasteiger charge is 2.43. The fourth-order valence-corrected chi connectivity index (χ4v) is 5.18. The van der Waals surface area contributed by atoms with Crippen molar-refractivity contribution in [3.63, 3.8) is 0 Å². The second-order valence-electron chi connectivity index (χ2n) is 8.92.